The second-order valence-electron chi connectivity index (χ2n) is 6.25. The van der Waals surface area contributed by atoms with Crippen LogP contribution in [-0.2, 0) is 9.53 Å². The molecular weight excluding hydrogens is 415 g/mol. The standard InChI is InChI=1S/C19H22BrFN4O2/c20-16-13-23-25(14-16)18-4-2-15(12-17(18)21)3-5-19(26)22-6-1-7-24-8-10-27-11-9-24/h2-5,12-14H,1,6-11H2,(H,22,26)/b5-3+. The summed E-state index contributed by atoms with van der Waals surface area (Å²) in [4.78, 5) is 14.2. The molecule has 1 saturated heterocycles. The SMILES string of the molecule is O=C(/C=C/c1ccc(-n2cc(Br)cn2)c(F)c1)NCCCN1CCOCC1. The second-order valence-corrected chi connectivity index (χ2v) is 7.16. The van der Waals surface area contributed by atoms with Gasteiger partial charge in [-0.3, -0.25) is 9.69 Å². The van der Waals surface area contributed by atoms with E-state index in [9.17, 15) is 9.18 Å². The zero-order valence-electron chi connectivity index (χ0n) is 14.9. The number of benzene rings is 1. The fourth-order valence-electron chi connectivity index (χ4n) is 2.82. The van der Waals surface area contributed by atoms with Crippen molar-refractivity contribution in [3.63, 3.8) is 0 Å². The highest BCUT2D eigenvalue weighted by Crippen LogP contribution is 2.17. The number of amides is 1. The highest BCUT2D eigenvalue weighted by Gasteiger charge is 2.09. The summed E-state index contributed by atoms with van der Waals surface area (Å²) >= 11 is 3.29. The van der Waals surface area contributed by atoms with Crippen LogP contribution in [0.3, 0.4) is 0 Å². The zero-order valence-corrected chi connectivity index (χ0v) is 16.5. The molecule has 0 unspecified atom stereocenters. The van der Waals surface area contributed by atoms with Gasteiger partial charge in [-0.25, -0.2) is 9.07 Å². The first-order valence-corrected chi connectivity index (χ1v) is 9.67. The third-order valence-corrected chi connectivity index (χ3v) is 4.66. The number of ether oxygens (including phenoxy) is 1. The van der Waals surface area contributed by atoms with E-state index in [-0.39, 0.29) is 5.91 Å². The Kier molecular flexibility index (Phi) is 7.14. The summed E-state index contributed by atoms with van der Waals surface area (Å²) in [6.45, 7) is 5.02. The number of aromatic nitrogens is 2. The first-order valence-electron chi connectivity index (χ1n) is 8.88. The molecule has 2 aromatic rings. The number of morpholine rings is 1. The number of nitrogens with one attached hydrogen (secondary N) is 1. The molecule has 0 aliphatic carbocycles. The van der Waals surface area contributed by atoms with Gasteiger partial charge in [-0.15, -0.1) is 0 Å². The van der Waals surface area contributed by atoms with E-state index in [0.29, 0.717) is 17.8 Å². The van der Waals surface area contributed by atoms with Gasteiger partial charge >= 0.3 is 0 Å². The Bertz CT molecular complexity index is 803. The molecule has 0 spiro atoms. The largest absolute Gasteiger partial charge is 0.379 e. The van der Waals surface area contributed by atoms with Gasteiger partial charge in [0, 0.05) is 31.9 Å². The number of carbonyl (C=O) groups is 1. The smallest absolute Gasteiger partial charge is 0.243 e. The van der Waals surface area contributed by atoms with Crippen molar-refractivity contribution in [2.75, 3.05) is 39.4 Å². The third-order valence-electron chi connectivity index (χ3n) is 4.25. The van der Waals surface area contributed by atoms with Gasteiger partial charge in [0.1, 0.15) is 11.5 Å². The van der Waals surface area contributed by atoms with Crippen molar-refractivity contribution in [2.24, 2.45) is 0 Å². The molecule has 0 saturated carbocycles. The maximum atomic E-state index is 14.3. The predicted molar refractivity (Wildman–Crippen MR) is 105 cm³/mol. The fourth-order valence-corrected chi connectivity index (χ4v) is 3.10. The molecule has 0 radical (unpaired) electrons. The van der Waals surface area contributed by atoms with Crippen molar-refractivity contribution in [1.82, 2.24) is 20.0 Å². The highest BCUT2D eigenvalue weighted by molar-refractivity contribution is 9.10. The minimum Gasteiger partial charge on any atom is -0.379 e. The van der Waals surface area contributed by atoms with Gasteiger partial charge in [-0.1, -0.05) is 6.07 Å². The van der Waals surface area contributed by atoms with Gasteiger partial charge in [0.25, 0.3) is 0 Å². The lowest BCUT2D eigenvalue weighted by Gasteiger charge is -2.26. The van der Waals surface area contributed by atoms with Crippen LogP contribution in [-0.4, -0.2) is 60.0 Å². The minimum atomic E-state index is -0.404. The summed E-state index contributed by atoms with van der Waals surface area (Å²) in [5, 5.41) is 6.91. The van der Waals surface area contributed by atoms with Gasteiger partial charge in [0.05, 0.1) is 23.9 Å². The van der Waals surface area contributed by atoms with Gasteiger partial charge in [-0.2, -0.15) is 5.10 Å². The first-order chi connectivity index (χ1) is 13.1. The Balaban J connectivity index is 1.45. The van der Waals surface area contributed by atoms with E-state index in [2.05, 4.69) is 31.2 Å². The van der Waals surface area contributed by atoms with Gasteiger partial charge in [0.2, 0.25) is 5.91 Å². The van der Waals surface area contributed by atoms with Crippen LogP contribution in [0.1, 0.15) is 12.0 Å². The van der Waals surface area contributed by atoms with E-state index in [1.807, 2.05) is 0 Å². The topological polar surface area (TPSA) is 59.4 Å². The molecular formula is C19H22BrFN4O2. The molecule has 1 aromatic carbocycles. The molecule has 27 heavy (non-hydrogen) atoms. The quantitative estimate of drug-likeness (QED) is 0.535. The van der Waals surface area contributed by atoms with Crippen LogP contribution in [0.2, 0.25) is 0 Å². The molecule has 1 aromatic heterocycles. The highest BCUT2D eigenvalue weighted by atomic mass is 79.9. The summed E-state index contributed by atoms with van der Waals surface area (Å²) in [6.07, 6.45) is 7.19. The van der Waals surface area contributed by atoms with Crippen molar-refractivity contribution in [3.05, 3.63) is 52.5 Å². The zero-order chi connectivity index (χ0) is 19.1. The van der Waals surface area contributed by atoms with Crippen LogP contribution >= 0.6 is 15.9 Å². The van der Waals surface area contributed by atoms with Crippen molar-refractivity contribution >= 4 is 27.9 Å². The van der Waals surface area contributed by atoms with Crippen LogP contribution in [0.15, 0.2) is 41.1 Å². The Labute approximate surface area is 166 Å². The van der Waals surface area contributed by atoms with E-state index in [1.165, 1.54) is 16.8 Å². The molecule has 3 rings (SSSR count). The lowest BCUT2D eigenvalue weighted by molar-refractivity contribution is -0.116. The number of carbonyl (C=O) groups excluding carboxylic acids is 1. The Morgan fingerprint density at radius 3 is 2.89 bits per heavy atom. The summed E-state index contributed by atoms with van der Waals surface area (Å²) in [5.74, 6) is -0.587. The second kappa shape index (κ2) is 9.77. The number of hydrogen-bond donors (Lipinski definition) is 1. The van der Waals surface area contributed by atoms with Gasteiger partial charge in [0.15, 0.2) is 0 Å². The van der Waals surface area contributed by atoms with Crippen LogP contribution in [0.5, 0.6) is 0 Å². The molecule has 1 amide bonds. The van der Waals surface area contributed by atoms with Crippen LogP contribution < -0.4 is 5.32 Å². The van der Waals surface area contributed by atoms with Gasteiger partial charge in [-0.05, 0) is 52.7 Å². The number of rotatable bonds is 7. The summed E-state index contributed by atoms with van der Waals surface area (Å²) in [6, 6.07) is 4.76. The van der Waals surface area contributed by atoms with Crippen molar-refractivity contribution in [3.8, 4) is 5.69 Å². The minimum absolute atomic E-state index is 0.183. The summed E-state index contributed by atoms with van der Waals surface area (Å²) < 4.78 is 21.8. The molecule has 8 heteroatoms. The van der Waals surface area contributed by atoms with Crippen LogP contribution in [0, 0.1) is 5.82 Å². The van der Waals surface area contributed by atoms with E-state index in [1.54, 1.807) is 30.6 Å². The molecule has 1 fully saturated rings. The number of nitrogens with zero attached hydrogens (tertiary/aromatic N) is 3. The number of halogens is 2. The number of hydrogen-bond acceptors (Lipinski definition) is 4. The summed E-state index contributed by atoms with van der Waals surface area (Å²) in [5.41, 5.74) is 0.969. The predicted octanol–water partition coefficient (Wildman–Crippen LogP) is 2.63. The van der Waals surface area contributed by atoms with E-state index in [4.69, 9.17) is 4.74 Å². The average molecular weight is 437 g/mol. The molecule has 1 aliphatic heterocycles. The summed E-state index contributed by atoms with van der Waals surface area (Å²) in [7, 11) is 0. The Morgan fingerprint density at radius 2 is 2.19 bits per heavy atom. The van der Waals surface area contributed by atoms with Crippen LogP contribution in [0.25, 0.3) is 11.8 Å². The van der Waals surface area contributed by atoms with E-state index >= 15 is 0 Å². The fraction of sp³-hybridized carbons (Fsp3) is 0.368. The maximum Gasteiger partial charge on any atom is 0.243 e. The normalized spacial score (nSPS) is 15.3. The maximum absolute atomic E-state index is 14.3. The molecule has 1 N–H and O–H groups in total. The Morgan fingerprint density at radius 1 is 1.37 bits per heavy atom. The van der Waals surface area contributed by atoms with Crippen molar-refractivity contribution in [1.29, 1.82) is 0 Å². The lowest BCUT2D eigenvalue weighted by atomic mass is 10.2. The monoisotopic (exact) mass is 436 g/mol. The van der Waals surface area contributed by atoms with Gasteiger partial charge < -0.3 is 10.1 Å². The average Bonchev–Trinajstić information content (AvgIpc) is 3.10. The molecule has 0 atom stereocenters. The lowest BCUT2D eigenvalue weighted by Crippen LogP contribution is -2.38. The molecule has 144 valence electrons. The molecule has 1 aliphatic rings. The van der Waals surface area contributed by atoms with Crippen molar-refractivity contribution < 1.29 is 13.9 Å². The third kappa shape index (κ3) is 5.98. The first kappa shape index (κ1) is 19.7. The molecule has 0 bridgehead atoms. The van der Waals surface area contributed by atoms with Crippen molar-refractivity contribution in [2.45, 2.75) is 6.42 Å². The molecule has 6 nitrogen and oxygen atoms in total. The van der Waals surface area contributed by atoms with Crippen LogP contribution in [0.4, 0.5) is 4.39 Å². The van der Waals surface area contributed by atoms with E-state index < -0.39 is 5.82 Å². The molecule has 2 heterocycles. The Hall–Kier alpha value is -2.03. The van der Waals surface area contributed by atoms with E-state index in [0.717, 1.165) is 43.7 Å².